The van der Waals surface area contributed by atoms with Crippen LogP contribution in [-0.4, -0.2) is 9.97 Å². The van der Waals surface area contributed by atoms with Crippen LogP contribution in [0.25, 0.3) is 0 Å². The monoisotopic (exact) mass is 95.1 g/mol. The van der Waals surface area contributed by atoms with Gasteiger partial charge < -0.3 is 0 Å². The molecule has 0 saturated carbocycles. The van der Waals surface area contributed by atoms with Crippen molar-refractivity contribution in [2.24, 2.45) is 0 Å². The Morgan fingerprint density at radius 1 is 1.43 bits per heavy atom. The molecule has 0 aliphatic heterocycles. The summed E-state index contributed by atoms with van der Waals surface area (Å²) in [6, 6.07) is 0. The predicted molar refractivity (Wildman–Crippen MR) is 27.9 cm³/mol. The maximum Gasteiger partial charge on any atom is 1.00 e. The van der Waals surface area contributed by atoms with Crippen LogP contribution in [0.3, 0.4) is 0 Å². The van der Waals surface area contributed by atoms with E-state index >= 15 is 0 Å². The van der Waals surface area contributed by atoms with E-state index < -0.39 is 0 Å². The second-order valence-electron chi connectivity index (χ2n) is 1.42. The zero-order valence-electron chi connectivity index (χ0n) is 5.13. The second-order valence-corrected chi connectivity index (χ2v) is 1.42. The van der Waals surface area contributed by atoms with E-state index in [1.54, 1.807) is 12.4 Å². The average Bonchev–Trinajstić information content (AvgIpc) is 1.69. The van der Waals surface area contributed by atoms with Crippen molar-refractivity contribution in [3.8, 4) is 0 Å². The summed E-state index contributed by atoms with van der Waals surface area (Å²) < 4.78 is 0. The van der Waals surface area contributed by atoms with E-state index in [1.165, 1.54) is 6.33 Å². The van der Waals surface area contributed by atoms with Crippen LogP contribution >= 0.6 is 0 Å². The Kier molecular flexibility index (Phi) is 1.02. The first-order valence-electron chi connectivity index (χ1n) is 2.11. The third-order valence-electron chi connectivity index (χ3n) is 0.690. The first-order chi connectivity index (χ1) is 3.39. The van der Waals surface area contributed by atoms with E-state index in [0.29, 0.717) is 0 Å². The maximum absolute atomic E-state index is 3.77. The normalized spacial score (nSPS) is 8.71. The minimum absolute atomic E-state index is 0. The van der Waals surface area contributed by atoms with Gasteiger partial charge in [-0.25, -0.2) is 9.97 Å². The number of aryl methyl sites for hydroxylation is 1. The summed E-state index contributed by atoms with van der Waals surface area (Å²) in [6.45, 7) is 1.96. The van der Waals surface area contributed by atoms with E-state index in [-0.39, 0.29) is 1.43 Å². The van der Waals surface area contributed by atoms with Crippen LogP contribution in [0.1, 0.15) is 6.99 Å². The van der Waals surface area contributed by atoms with Crippen molar-refractivity contribution in [3.05, 3.63) is 24.3 Å². The average molecular weight is 95.1 g/mol. The molecule has 0 fully saturated rings. The van der Waals surface area contributed by atoms with Crippen molar-refractivity contribution < 1.29 is 1.43 Å². The molecule has 0 radical (unpaired) electrons. The lowest BCUT2D eigenvalue weighted by atomic mass is 10.4. The van der Waals surface area contributed by atoms with E-state index in [4.69, 9.17) is 0 Å². The Morgan fingerprint density at radius 2 is 2.00 bits per heavy atom. The minimum atomic E-state index is 0. The molecule has 7 heavy (non-hydrogen) atoms. The predicted octanol–water partition coefficient (Wildman–Crippen LogP) is 0.898. The molecule has 1 aromatic rings. The summed E-state index contributed by atoms with van der Waals surface area (Å²) in [5, 5.41) is 0. The molecule has 0 N–H and O–H groups in total. The smallest absolute Gasteiger partial charge is 0.245 e. The lowest BCUT2D eigenvalue weighted by Crippen LogP contribution is -1.75. The molecular weight excluding hydrogens is 88.1 g/mol. The lowest BCUT2D eigenvalue weighted by molar-refractivity contribution is 1.13. The highest BCUT2D eigenvalue weighted by Gasteiger charge is 1.74. The summed E-state index contributed by atoms with van der Waals surface area (Å²) in [5.74, 6) is 0. The third kappa shape index (κ3) is 0.961. The third-order valence-corrected chi connectivity index (χ3v) is 0.690. The van der Waals surface area contributed by atoms with Gasteiger partial charge in [0.25, 0.3) is 0 Å². The van der Waals surface area contributed by atoms with Crippen LogP contribution in [-0.2, 0) is 0 Å². The maximum atomic E-state index is 3.77. The molecular formula is C5H7N2+. The summed E-state index contributed by atoms with van der Waals surface area (Å²) in [7, 11) is 0. The van der Waals surface area contributed by atoms with Crippen LogP contribution < -0.4 is 0 Å². The Balaban J connectivity index is 0.000000490. The molecule has 0 amide bonds. The molecule has 0 spiro atoms. The Bertz CT molecular complexity index is 140. The largest absolute Gasteiger partial charge is 1.00 e. The van der Waals surface area contributed by atoms with Gasteiger partial charge in [-0.3, -0.25) is 0 Å². The zero-order chi connectivity index (χ0) is 5.11. The van der Waals surface area contributed by atoms with Crippen molar-refractivity contribution in [1.29, 1.82) is 0 Å². The molecule has 2 nitrogen and oxygen atoms in total. The second kappa shape index (κ2) is 1.69. The van der Waals surface area contributed by atoms with Gasteiger partial charge in [0.05, 0.1) is 0 Å². The quantitative estimate of drug-likeness (QED) is 0.478. The standard InChI is InChI=1S/C5H6N2/c1-5-2-6-4-7-3-5/h2-4H,1H3/p+1. The minimum Gasteiger partial charge on any atom is -0.245 e. The number of hydrogen-bond acceptors (Lipinski definition) is 2. The fraction of sp³-hybridized carbons (Fsp3) is 0.200. The molecule has 0 aliphatic carbocycles. The van der Waals surface area contributed by atoms with Crippen LogP contribution in [0.2, 0.25) is 0 Å². The topological polar surface area (TPSA) is 25.8 Å². The van der Waals surface area contributed by atoms with Gasteiger partial charge >= 0.3 is 1.43 Å². The summed E-state index contributed by atoms with van der Waals surface area (Å²) in [5.41, 5.74) is 1.10. The molecule has 0 aliphatic rings. The van der Waals surface area contributed by atoms with Gasteiger partial charge in [-0.2, -0.15) is 0 Å². The summed E-state index contributed by atoms with van der Waals surface area (Å²) in [4.78, 5) is 7.55. The van der Waals surface area contributed by atoms with Crippen molar-refractivity contribution in [2.75, 3.05) is 0 Å². The molecule has 1 heterocycles. The van der Waals surface area contributed by atoms with Gasteiger partial charge in [-0.1, -0.05) is 0 Å². The molecule has 1 rings (SSSR count). The number of rotatable bonds is 0. The molecule has 36 valence electrons. The summed E-state index contributed by atoms with van der Waals surface area (Å²) in [6.07, 6.45) is 5.06. The molecule has 0 bridgehead atoms. The van der Waals surface area contributed by atoms with Crippen LogP contribution in [0.4, 0.5) is 0 Å². The first kappa shape index (κ1) is 4.24. The zero-order valence-corrected chi connectivity index (χ0v) is 4.13. The molecule has 0 aromatic carbocycles. The molecule has 0 unspecified atom stereocenters. The highest BCUT2D eigenvalue weighted by atomic mass is 14.8. The Labute approximate surface area is 43.7 Å². The SMILES string of the molecule is Cc1cncnc1.[H+]. The number of aromatic nitrogens is 2. The summed E-state index contributed by atoms with van der Waals surface area (Å²) >= 11 is 0. The number of nitrogens with zero attached hydrogens (tertiary/aromatic N) is 2. The number of hydrogen-bond donors (Lipinski definition) is 0. The van der Waals surface area contributed by atoms with Crippen LogP contribution in [0.5, 0.6) is 0 Å². The van der Waals surface area contributed by atoms with Gasteiger partial charge in [0.15, 0.2) is 0 Å². The fourth-order valence-electron chi connectivity index (χ4n) is 0.374. The van der Waals surface area contributed by atoms with Gasteiger partial charge in [0.1, 0.15) is 6.33 Å². The van der Waals surface area contributed by atoms with Crippen LogP contribution in [0, 0.1) is 6.92 Å². The van der Waals surface area contributed by atoms with Crippen molar-refractivity contribution in [2.45, 2.75) is 6.92 Å². The Morgan fingerprint density at radius 3 is 2.29 bits per heavy atom. The van der Waals surface area contributed by atoms with Gasteiger partial charge in [-0.05, 0) is 12.5 Å². The molecule has 0 saturated heterocycles. The van der Waals surface area contributed by atoms with E-state index in [0.717, 1.165) is 5.56 Å². The van der Waals surface area contributed by atoms with Gasteiger partial charge in [-0.15, -0.1) is 0 Å². The van der Waals surface area contributed by atoms with Crippen molar-refractivity contribution >= 4 is 0 Å². The molecule has 1 aromatic heterocycles. The van der Waals surface area contributed by atoms with Crippen LogP contribution in [0.15, 0.2) is 18.7 Å². The molecule has 0 atom stereocenters. The van der Waals surface area contributed by atoms with Crippen molar-refractivity contribution in [3.63, 3.8) is 0 Å². The van der Waals surface area contributed by atoms with E-state index in [1.807, 2.05) is 6.92 Å². The highest BCUT2D eigenvalue weighted by Crippen LogP contribution is 1.84. The molecule has 2 heteroatoms. The highest BCUT2D eigenvalue weighted by molar-refractivity contribution is 4.96. The first-order valence-corrected chi connectivity index (χ1v) is 2.11. The Hall–Kier alpha value is -0.920. The van der Waals surface area contributed by atoms with E-state index in [9.17, 15) is 0 Å². The van der Waals surface area contributed by atoms with Crippen molar-refractivity contribution in [1.82, 2.24) is 9.97 Å². The van der Waals surface area contributed by atoms with Gasteiger partial charge in [0.2, 0.25) is 0 Å². The fourth-order valence-corrected chi connectivity index (χ4v) is 0.374. The van der Waals surface area contributed by atoms with E-state index in [2.05, 4.69) is 9.97 Å². The lowest BCUT2D eigenvalue weighted by Gasteiger charge is -1.81. The van der Waals surface area contributed by atoms with Gasteiger partial charge in [0, 0.05) is 12.4 Å².